The van der Waals surface area contributed by atoms with Gasteiger partial charge in [-0.1, -0.05) is 52.3 Å². The van der Waals surface area contributed by atoms with Gasteiger partial charge in [-0.25, -0.2) is 0 Å². The fraction of sp³-hybridized carbons (Fsp3) is 0.238. The number of halogens is 1. The van der Waals surface area contributed by atoms with Gasteiger partial charge >= 0.3 is 0 Å². The Morgan fingerprint density at radius 1 is 0.880 bits per heavy atom. The van der Waals surface area contributed by atoms with Crippen LogP contribution in [0.25, 0.3) is 21.9 Å². The molecule has 0 fully saturated rings. The average Bonchev–Trinajstić information content (AvgIpc) is 3.13. The van der Waals surface area contributed by atoms with E-state index in [4.69, 9.17) is 14.2 Å². The fourth-order valence-corrected chi connectivity index (χ4v) is 3.49. The second-order valence-electron chi connectivity index (χ2n) is 5.97. The van der Waals surface area contributed by atoms with E-state index in [9.17, 15) is 0 Å². The van der Waals surface area contributed by atoms with Gasteiger partial charge in [-0.15, -0.1) is 0 Å². The highest BCUT2D eigenvalue weighted by Crippen LogP contribution is 2.39. The Bertz CT molecular complexity index is 891. The Hall–Kier alpha value is -2.20. The molecule has 0 saturated heterocycles. The van der Waals surface area contributed by atoms with E-state index in [0.29, 0.717) is 6.79 Å². The number of alkyl halides is 1. The Labute approximate surface area is 155 Å². The summed E-state index contributed by atoms with van der Waals surface area (Å²) < 4.78 is 17.0. The number of benzene rings is 3. The lowest BCUT2D eigenvalue weighted by molar-refractivity contribution is 0.174. The van der Waals surface area contributed by atoms with E-state index < -0.39 is 0 Å². The van der Waals surface area contributed by atoms with Gasteiger partial charge in [0.2, 0.25) is 6.79 Å². The van der Waals surface area contributed by atoms with Crippen LogP contribution in [0.3, 0.4) is 0 Å². The molecule has 3 nitrogen and oxygen atoms in total. The molecule has 3 aromatic carbocycles. The third kappa shape index (κ3) is 3.31. The zero-order valence-electron chi connectivity index (χ0n) is 13.8. The van der Waals surface area contributed by atoms with Crippen molar-refractivity contribution in [2.45, 2.75) is 12.8 Å². The van der Waals surface area contributed by atoms with Crippen LogP contribution < -0.4 is 14.2 Å². The molecule has 0 atom stereocenters. The Morgan fingerprint density at radius 2 is 1.72 bits per heavy atom. The average molecular weight is 399 g/mol. The largest absolute Gasteiger partial charge is 0.493 e. The molecule has 1 aliphatic rings. The molecule has 0 N–H and O–H groups in total. The van der Waals surface area contributed by atoms with Crippen LogP contribution in [0.5, 0.6) is 17.2 Å². The molecule has 0 spiro atoms. The number of hydrogen-bond donors (Lipinski definition) is 0. The number of hydrogen-bond acceptors (Lipinski definition) is 3. The van der Waals surface area contributed by atoms with E-state index in [1.165, 1.54) is 10.9 Å². The molecule has 4 heteroatoms. The summed E-state index contributed by atoms with van der Waals surface area (Å²) in [6.45, 7) is 1.03. The quantitative estimate of drug-likeness (QED) is 0.388. The molecule has 0 aromatic heterocycles. The first-order valence-corrected chi connectivity index (χ1v) is 9.59. The lowest BCUT2D eigenvalue weighted by Crippen LogP contribution is -1.98. The van der Waals surface area contributed by atoms with Crippen molar-refractivity contribution in [1.29, 1.82) is 0 Å². The monoisotopic (exact) mass is 398 g/mol. The van der Waals surface area contributed by atoms with Crippen LogP contribution in [-0.4, -0.2) is 18.7 Å². The summed E-state index contributed by atoms with van der Waals surface area (Å²) in [6.07, 6.45) is 2.16. The normalized spacial score (nSPS) is 12.5. The molecule has 3 aromatic rings. The topological polar surface area (TPSA) is 27.7 Å². The molecule has 1 heterocycles. The van der Waals surface area contributed by atoms with Crippen molar-refractivity contribution < 1.29 is 14.2 Å². The maximum absolute atomic E-state index is 6.02. The predicted octanol–water partition coefficient (Wildman–Crippen LogP) is 5.79. The second kappa shape index (κ2) is 7.36. The third-order valence-electron chi connectivity index (χ3n) is 4.35. The minimum atomic E-state index is 0.292. The summed E-state index contributed by atoms with van der Waals surface area (Å²) in [6, 6.07) is 18.6. The predicted molar refractivity (Wildman–Crippen MR) is 104 cm³/mol. The number of ether oxygens (including phenoxy) is 3. The first-order chi connectivity index (χ1) is 12.4. The van der Waals surface area contributed by atoms with Crippen molar-refractivity contribution in [1.82, 2.24) is 0 Å². The van der Waals surface area contributed by atoms with Crippen LogP contribution >= 0.6 is 15.9 Å². The van der Waals surface area contributed by atoms with E-state index in [-0.39, 0.29) is 0 Å². The van der Waals surface area contributed by atoms with E-state index >= 15 is 0 Å². The number of unbranched alkanes of at least 4 members (excludes halogenated alkanes) is 1. The molecular formula is C21H19BrO3. The molecule has 0 aliphatic carbocycles. The van der Waals surface area contributed by atoms with Crippen LogP contribution in [0, 0.1) is 0 Å². The van der Waals surface area contributed by atoms with Crippen LogP contribution in [0.1, 0.15) is 12.8 Å². The fourth-order valence-electron chi connectivity index (χ4n) is 3.09. The Kier molecular flexibility index (Phi) is 4.79. The van der Waals surface area contributed by atoms with Crippen LogP contribution in [0.4, 0.5) is 0 Å². The molecule has 0 bridgehead atoms. The first-order valence-electron chi connectivity index (χ1n) is 8.47. The highest BCUT2D eigenvalue weighted by Gasteiger charge is 2.15. The van der Waals surface area contributed by atoms with Crippen molar-refractivity contribution in [2.24, 2.45) is 0 Å². The smallest absolute Gasteiger partial charge is 0.231 e. The zero-order valence-corrected chi connectivity index (χ0v) is 15.4. The van der Waals surface area contributed by atoms with Crippen LogP contribution in [-0.2, 0) is 0 Å². The molecule has 0 amide bonds. The van der Waals surface area contributed by atoms with Gasteiger partial charge < -0.3 is 14.2 Å². The molecular weight excluding hydrogens is 380 g/mol. The molecule has 0 saturated carbocycles. The van der Waals surface area contributed by atoms with Crippen LogP contribution in [0.15, 0.2) is 54.6 Å². The van der Waals surface area contributed by atoms with Crippen molar-refractivity contribution in [3.05, 3.63) is 54.6 Å². The summed E-state index contributed by atoms with van der Waals surface area (Å²) in [5, 5.41) is 3.33. The summed E-state index contributed by atoms with van der Waals surface area (Å²) in [4.78, 5) is 0. The Morgan fingerprint density at radius 3 is 2.60 bits per heavy atom. The van der Waals surface area contributed by atoms with Gasteiger partial charge in [0.15, 0.2) is 11.5 Å². The number of rotatable bonds is 6. The lowest BCUT2D eigenvalue weighted by Gasteiger charge is -2.13. The molecule has 4 rings (SSSR count). The van der Waals surface area contributed by atoms with Gasteiger partial charge in [0.05, 0.1) is 6.61 Å². The maximum Gasteiger partial charge on any atom is 0.231 e. The standard InChI is InChI=1S/C21H19BrO3/c22-11-3-4-12-23-19-10-8-16(17-5-1-2-6-18(17)19)15-7-9-20-21(13-15)25-14-24-20/h1-2,5-10,13H,3-4,11-12,14H2. The minimum Gasteiger partial charge on any atom is -0.493 e. The van der Waals surface area contributed by atoms with Gasteiger partial charge in [0.25, 0.3) is 0 Å². The molecule has 1 aliphatic heterocycles. The highest BCUT2D eigenvalue weighted by atomic mass is 79.9. The van der Waals surface area contributed by atoms with E-state index in [0.717, 1.165) is 53.0 Å². The third-order valence-corrected chi connectivity index (χ3v) is 4.91. The van der Waals surface area contributed by atoms with Gasteiger partial charge in [-0.3, -0.25) is 0 Å². The summed E-state index contributed by atoms with van der Waals surface area (Å²) in [5.74, 6) is 2.55. The van der Waals surface area contributed by atoms with Crippen molar-refractivity contribution in [3.8, 4) is 28.4 Å². The summed E-state index contributed by atoms with van der Waals surface area (Å²) in [7, 11) is 0. The zero-order chi connectivity index (χ0) is 17.1. The van der Waals surface area contributed by atoms with Gasteiger partial charge in [-0.05, 0) is 47.6 Å². The lowest BCUT2D eigenvalue weighted by atomic mass is 9.97. The van der Waals surface area contributed by atoms with E-state index in [1.54, 1.807) is 0 Å². The number of fused-ring (bicyclic) bond motifs is 2. The molecule has 25 heavy (non-hydrogen) atoms. The maximum atomic E-state index is 6.02. The summed E-state index contributed by atoms with van der Waals surface area (Å²) >= 11 is 3.46. The molecule has 0 unspecified atom stereocenters. The van der Waals surface area contributed by atoms with Gasteiger partial charge in [0.1, 0.15) is 5.75 Å². The van der Waals surface area contributed by atoms with Crippen molar-refractivity contribution >= 4 is 26.7 Å². The SMILES string of the molecule is BrCCCCOc1ccc(-c2ccc3c(c2)OCO3)c2ccccc12. The van der Waals surface area contributed by atoms with Gasteiger partial charge in [-0.2, -0.15) is 0 Å². The molecule has 128 valence electrons. The van der Waals surface area contributed by atoms with Crippen LogP contribution in [0.2, 0.25) is 0 Å². The Balaban J connectivity index is 1.71. The van der Waals surface area contributed by atoms with Crippen molar-refractivity contribution in [2.75, 3.05) is 18.7 Å². The van der Waals surface area contributed by atoms with E-state index in [2.05, 4.69) is 58.4 Å². The summed E-state index contributed by atoms with van der Waals surface area (Å²) in [5.41, 5.74) is 2.29. The van der Waals surface area contributed by atoms with Crippen molar-refractivity contribution in [3.63, 3.8) is 0 Å². The molecule has 0 radical (unpaired) electrons. The van der Waals surface area contributed by atoms with E-state index in [1.807, 2.05) is 12.1 Å². The minimum absolute atomic E-state index is 0.292. The highest BCUT2D eigenvalue weighted by molar-refractivity contribution is 9.09. The first kappa shape index (κ1) is 16.3. The second-order valence-corrected chi connectivity index (χ2v) is 6.76. The van der Waals surface area contributed by atoms with Gasteiger partial charge in [0, 0.05) is 10.7 Å².